The predicted octanol–water partition coefficient (Wildman–Crippen LogP) is 2.87. The Morgan fingerprint density at radius 3 is 2.44 bits per heavy atom. The van der Waals surface area contributed by atoms with Crippen LogP contribution < -0.4 is 5.73 Å². The summed E-state index contributed by atoms with van der Waals surface area (Å²) in [6.07, 6.45) is 1.83. The highest BCUT2D eigenvalue weighted by Gasteiger charge is 2.10. The van der Waals surface area contributed by atoms with E-state index in [2.05, 4.69) is 48.1 Å². The molecule has 1 aromatic rings. The largest absolute Gasteiger partial charge is 0.384 e. The second-order valence-corrected chi connectivity index (χ2v) is 4.79. The summed E-state index contributed by atoms with van der Waals surface area (Å²) in [6.45, 7) is 6.92. The van der Waals surface area contributed by atoms with Crippen LogP contribution in [0, 0.1) is 0 Å². The first-order valence-corrected chi connectivity index (χ1v) is 6.24. The maximum Gasteiger partial charge on any atom is 0.121 e. The van der Waals surface area contributed by atoms with Gasteiger partial charge in [-0.15, -0.1) is 0 Å². The molecular formula is C15H19N3. The normalized spacial score (nSPS) is 15.9. The molecule has 2 rings (SSSR count). The van der Waals surface area contributed by atoms with E-state index in [-0.39, 0.29) is 0 Å². The molecule has 18 heavy (non-hydrogen) atoms. The molecule has 3 heteroatoms. The van der Waals surface area contributed by atoms with Gasteiger partial charge >= 0.3 is 0 Å². The third-order valence-electron chi connectivity index (χ3n) is 3.04. The molecule has 0 atom stereocenters. The molecule has 2 N–H and O–H groups in total. The van der Waals surface area contributed by atoms with Gasteiger partial charge in [-0.3, -0.25) is 4.99 Å². The molecule has 1 aromatic carbocycles. The summed E-state index contributed by atoms with van der Waals surface area (Å²) in [4.78, 5) is 8.85. The molecule has 0 spiro atoms. The molecule has 1 heterocycles. The predicted molar refractivity (Wildman–Crippen MR) is 77.3 cm³/mol. The Bertz CT molecular complexity index is 519. The molecule has 0 radical (unpaired) electrons. The lowest BCUT2D eigenvalue weighted by atomic mass is 9.99. The SMILES string of the molecule is CC1=NC(N)=CCN=C1c1ccc(C(C)C)cc1. The van der Waals surface area contributed by atoms with E-state index in [1.165, 1.54) is 5.56 Å². The molecule has 0 bridgehead atoms. The lowest BCUT2D eigenvalue weighted by molar-refractivity contribution is 0.866. The third-order valence-corrected chi connectivity index (χ3v) is 3.04. The zero-order chi connectivity index (χ0) is 13.1. The van der Waals surface area contributed by atoms with Crippen molar-refractivity contribution in [2.75, 3.05) is 6.54 Å². The molecule has 0 unspecified atom stereocenters. The molecule has 0 fully saturated rings. The third kappa shape index (κ3) is 2.67. The van der Waals surface area contributed by atoms with Crippen LogP contribution in [0.15, 0.2) is 46.1 Å². The van der Waals surface area contributed by atoms with Crippen LogP contribution in [0.4, 0.5) is 0 Å². The van der Waals surface area contributed by atoms with Crippen molar-refractivity contribution in [1.82, 2.24) is 0 Å². The van der Waals surface area contributed by atoms with Crippen molar-refractivity contribution >= 4 is 11.4 Å². The molecule has 1 aliphatic rings. The number of hydrogen-bond donors (Lipinski definition) is 1. The van der Waals surface area contributed by atoms with E-state index in [9.17, 15) is 0 Å². The first-order chi connectivity index (χ1) is 8.58. The van der Waals surface area contributed by atoms with Gasteiger partial charge in [-0.2, -0.15) is 0 Å². The van der Waals surface area contributed by atoms with E-state index in [1.54, 1.807) is 0 Å². The average Bonchev–Trinajstić information content (AvgIpc) is 2.50. The summed E-state index contributed by atoms with van der Waals surface area (Å²) in [5, 5.41) is 0. The summed E-state index contributed by atoms with van der Waals surface area (Å²) in [6, 6.07) is 8.51. The molecule has 0 saturated carbocycles. The highest BCUT2D eigenvalue weighted by molar-refractivity contribution is 6.47. The van der Waals surface area contributed by atoms with Crippen molar-refractivity contribution in [2.45, 2.75) is 26.7 Å². The van der Waals surface area contributed by atoms with E-state index in [1.807, 2.05) is 13.0 Å². The van der Waals surface area contributed by atoms with Crippen LogP contribution in [-0.4, -0.2) is 18.0 Å². The van der Waals surface area contributed by atoms with Gasteiger partial charge in [0.05, 0.1) is 18.0 Å². The van der Waals surface area contributed by atoms with E-state index in [4.69, 9.17) is 5.73 Å². The van der Waals surface area contributed by atoms with Crippen LogP contribution in [0.2, 0.25) is 0 Å². The lowest BCUT2D eigenvalue weighted by Crippen LogP contribution is -2.13. The second-order valence-electron chi connectivity index (χ2n) is 4.79. The second kappa shape index (κ2) is 5.17. The zero-order valence-electron chi connectivity index (χ0n) is 11.1. The highest BCUT2D eigenvalue weighted by atomic mass is 14.9. The molecule has 0 aromatic heterocycles. The molecule has 0 amide bonds. The van der Waals surface area contributed by atoms with Crippen molar-refractivity contribution in [2.24, 2.45) is 15.7 Å². The number of aliphatic imine (C=N–C) groups is 2. The Hall–Kier alpha value is -1.90. The van der Waals surface area contributed by atoms with Gasteiger partial charge < -0.3 is 5.73 Å². The summed E-state index contributed by atoms with van der Waals surface area (Å²) in [5.74, 6) is 1.09. The number of nitrogens with zero attached hydrogens (tertiary/aromatic N) is 2. The van der Waals surface area contributed by atoms with Gasteiger partial charge in [-0.25, -0.2) is 4.99 Å². The minimum Gasteiger partial charge on any atom is -0.384 e. The quantitative estimate of drug-likeness (QED) is 0.850. The Labute approximate surface area is 108 Å². The molecule has 1 aliphatic heterocycles. The fraction of sp³-hybridized carbons (Fsp3) is 0.333. The number of hydrogen-bond acceptors (Lipinski definition) is 3. The van der Waals surface area contributed by atoms with Crippen molar-refractivity contribution in [3.63, 3.8) is 0 Å². The first kappa shape index (κ1) is 12.6. The summed E-state index contributed by atoms with van der Waals surface area (Å²) >= 11 is 0. The van der Waals surface area contributed by atoms with Crippen LogP contribution in [0.3, 0.4) is 0 Å². The van der Waals surface area contributed by atoms with E-state index < -0.39 is 0 Å². The van der Waals surface area contributed by atoms with E-state index in [0.29, 0.717) is 18.3 Å². The number of nitrogens with two attached hydrogens (primary N) is 1. The molecule has 0 saturated heterocycles. The summed E-state index contributed by atoms with van der Waals surface area (Å²) in [7, 11) is 0. The lowest BCUT2D eigenvalue weighted by Gasteiger charge is -2.08. The Morgan fingerprint density at radius 1 is 1.17 bits per heavy atom. The monoisotopic (exact) mass is 241 g/mol. The van der Waals surface area contributed by atoms with Crippen LogP contribution in [0.5, 0.6) is 0 Å². The maximum absolute atomic E-state index is 5.73. The topological polar surface area (TPSA) is 50.7 Å². The average molecular weight is 241 g/mol. The van der Waals surface area contributed by atoms with Crippen LogP contribution >= 0.6 is 0 Å². The van der Waals surface area contributed by atoms with Crippen molar-refractivity contribution < 1.29 is 0 Å². The number of benzene rings is 1. The Balaban J connectivity index is 2.32. The molecular weight excluding hydrogens is 222 g/mol. The summed E-state index contributed by atoms with van der Waals surface area (Å²) < 4.78 is 0. The van der Waals surface area contributed by atoms with E-state index in [0.717, 1.165) is 17.0 Å². The fourth-order valence-corrected chi connectivity index (χ4v) is 1.96. The fourth-order valence-electron chi connectivity index (χ4n) is 1.96. The van der Waals surface area contributed by atoms with Crippen LogP contribution in [0.1, 0.15) is 37.8 Å². The van der Waals surface area contributed by atoms with E-state index >= 15 is 0 Å². The maximum atomic E-state index is 5.73. The van der Waals surface area contributed by atoms with Gasteiger partial charge in [-0.05, 0) is 24.5 Å². The van der Waals surface area contributed by atoms with Gasteiger partial charge in [0.15, 0.2) is 0 Å². The first-order valence-electron chi connectivity index (χ1n) is 6.24. The molecule has 0 aliphatic carbocycles. The van der Waals surface area contributed by atoms with Crippen LogP contribution in [-0.2, 0) is 0 Å². The Morgan fingerprint density at radius 2 is 1.83 bits per heavy atom. The molecule has 3 nitrogen and oxygen atoms in total. The molecule has 94 valence electrons. The minimum atomic E-state index is 0.544. The standard InChI is InChI=1S/C15H19N3/c1-10(2)12-4-6-13(7-5-12)15-11(3)18-14(16)8-9-17-15/h4-8,10H,9,16H2,1-3H3. The van der Waals surface area contributed by atoms with Gasteiger partial charge in [0.25, 0.3) is 0 Å². The number of rotatable bonds is 2. The zero-order valence-corrected chi connectivity index (χ0v) is 11.1. The summed E-state index contributed by atoms with van der Waals surface area (Å²) in [5.41, 5.74) is 9.97. The van der Waals surface area contributed by atoms with Crippen molar-refractivity contribution in [1.29, 1.82) is 0 Å². The smallest absolute Gasteiger partial charge is 0.121 e. The highest BCUT2D eigenvalue weighted by Crippen LogP contribution is 2.16. The van der Waals surface area contributed by atoms with Gasteiger partial charge in [0, 0.05) is 5.56 Å². The van der Waals surface area contributed by atoms with Crippen molar-refractivity contribution in [3.05, 3.63) is 47.3 Å². The van der Waals surface area contributed by atoms with Gasteiger partial charge in [0.1, 0.15) is 5.82 Å². The van der Waals surface area contributed by atoms with Crippen molar-refractivity contribution in [3.8, 4) is 0 Å². The minimum absolute atomic E-state index is 0.544. The van der Waals surface area contributed by atoms with Gasteiger partial charge in [0.2, 0.25) is 0 Å². The van der Waals surface area contributed by atoms with Crippen LogP contribution in [0.25, 0.3) is 0 Å². The Kier molecular flexibility index (Phi) is 3.60. The van der Waals surface area contributed by atoms with Gasteiger partial charge in [-0.1, -0.05) is 38.1 Å².